The Bertz CT molecular complexity index is 1590. The number of nitrogens with zero attached hydrogens (tertiary/aromatic N) is 2. The maximum Gasteiger partial charge on any atom is 0.416 e. The largest absolute Gasteiger partial charge is 0.416 e. The molecule has 7 nitrogen and oxygen atoms in total. The van der Waals surface area contributed by atoms with Gasteiger partial charge in [0.05, 0.1) is 11.6 Å². The molecule has 0 unspecified atom stereocenters. The van der Waals surface area contributed by atoms with Crippen LogP contribution in [0, 0.1) is 13.8 Å². The standard InChI is InChI=1S/C28H32F3N5O2S.C7H8/c1-18-17-39-26(35-18)24-8-4-11-36(24)27(38)21-7-3-6-20(14-21)25(37)34-10-5-9-33-16-19-12-22(28(29,30)31)15-23(13-19)32-2;1-7-5-3-2-4-6-7/h3,6-7,12-15,17,24,32-33H,4-5,8-11,16H2,1-2H3,(H,34,37);2-6H,1H3/t24-;/m1./s1. The van der Waals surface area contributed by atoms with Crippen LogP contribution in [0.4, 0.5) is 18.9 Å². The van der Waals surface area contributed by atoms with E-state index in [1.165, 1.54) is 5.56 Å². The molecule has 0 radical (unpaired) electrons. The van der Waals surface area contributed by atoms with Crippen LogP contribution in [0.3, 0.4) is 0 Å². The summed E-state index contributed by atoms with van der Waals surface area (Å²) >= 11 is 1.57. The van der Waals surface area contributed by atoms with Crippen LogP contribution >= 0.6 is 11.3 Å². The summed E-state index contributed by atoms with van der Waals surface area (Å²) in [4.78, 5) is 32.4. The fourth-order valence-corrected chi connectivity index (χ4v) is 6.08. The van der Waals surface area contributed by atoms with Crippen LogP contribution in [-0.2, 0) is 12.7 Å². The average Bonchev–Trinajstić information content (AvgIpc) is 3.71. The van der Waals surface area contributed by atoms with Gasteiger partial charge in [-0.1, -0.05) is 42.0 Å². The molecule has 0 spiro atoms. The Morgan fingerprint density at radius 2 is 1.74 bits per heavy atom. The third-order valence-corrected chi connectivity index (χ3v) is 8.57. The Balaban J connectivity index is 0.000000606. The van der Waals surface area contributed by atoms with Crippen LogP contribution in [0.15, 0.2) is 78.2 Å². The highest BCUT2D eigenvalue weighted by atomic mass is 32.1. The van der Waals surface area contributed by atoms with E-state index in [0.717, 1.165) is 35.7 Å². The Morgan fingerprint density at radius 1 is 0.978 bits per heavy atom. The number of halogens is 3. The van der Waals surface area contributed by atoms with Crippen LogP contribution in [0.5, 0.6) is 0 Å². The Kier molecular flexibility index (Phi) is 12.3. The van der Waals surface area contributed by atoms with Gasteiger partial charge < -0.3 is 20.9 Å². The molecule has 11 heteroatoms. The number of thiazole rings is 1. The quantitative estimate of drug-likeness (QED) is 0.156. The van der Waals surface area contributed by atoms with E-state index < -0.39 is 11.7 Å². The molecule has 2 amide bonds. The van der Waals surface area contributed by atoms with Gasteiger partial charge in [-0.2, -0.15) is 13.2 Å². The lowest BCUT2D eigenvalue weighted by Crippen LogP contribution is -2.31. The molecule has 0 aliphatic carbocycles. The highest BCUT2D eigenvalue weighted by molar-refractivity contribution is 7.09. The number of amides is 2. The minimum Gasteiger partial charge on any atom is -0.388 e. The van der Waals surface area contributed by atoms with E-state index in [2.05, 4.69) is 40.0 Å². The van der Waals surface area contributed by atoms with Crippen LogP contribution in [0.2, 0.25) is 0 Å². The Labute approximate surface area is 272 Å². The second-order valence-corrected chi connectivity index (χ2v) is 12.1. The smallest absolute Gasteiger partial charge is 0.388 e. The van der Waals surface area contributed by atoms with Crippen LogP contribution < -0.4 is 16.0 Å². The predicted octanol–water partition coefficient (Wildman–Crippen LogP) is 7.39. The van der Waals surface area contributed by atoms with Crippen molar-refractivity contribution in [2.24, 2.45) is 0 Å². The van der Waals surface area contributed by atoms with Gasteiger partial charge in [0.1, 0.15) is 5.01 Å². The van der Waals surface area contributed by atoms with Gasteiger partial charge in [-0.25, -0.2) is 4.98 Å². The molecule has 1 aromatic heterocycles. The van der Waals surface area contributed by atoms with Crippen molar-refractivity contribution in [2.75, 3.05) is 32.0 Å². The van der Waals surface area contributed by atoms with E-state index in [-0.39, 0.29) is 24.4 Å². The summed E-state index contributed by atoms with van der Waals surface area (Å²) in [6.07, 6.45) is -2.04. The minimum atomic E-state index is -4.41. The summed E-state index contributed by atoms with van der Waals surface area (Å²) in [5.74, 6) is -0.394. The van der Waals surface area contributed by atoms with Gasteiger partial charge in [0.2, 0.25) is 0 Å². The van der Waals surface area contributed by atoms with Crippen LogP contribution in [0.1, 0.15) is 73.4 Å². The van der Waals surface area contributed by atoms with Crippen molar-refractivity contribution in [3.63, 3.8) is 0 Å². The maximum absolute atomic E-state index is 13.3. The molecule has 4 aromatic rings. The lowest BCUT2D eigenvalue weighted by molar-refractivity contribution is -0.137. The second-order valence-electron chi connectivity index (χ2n) is 11.2. The SMILES string of the molecule is CNc1cc(CNCCCNC(=O)c2cccc(C(=O)N3CCC[C@@H]3c3nc(C)cs3)c2)cc(C(F)(F)F)c1.Cc1ccccc1. The number of carbonyl (C=O) groups is 2. The number of hydrogen-bond donors (Lipinski definition) is 3. The molecule has 244 valence electrons. The summed E-state index contributed by atoms with van der Waals surface area (Å²) in [5.41, 5.74) is 3.35. The number of aryl methyl sites for hydroxylation is 2. The first kappa shape index (κ1) is 34.6. The number of rotatable bonds is 10. The summed E-state index contributed by atoms with van der Waals surface area (Å²) < 4.78 is 39.3. The van der Waals surface area contributed by atoms with Crippen molar-refractivity contribution in [1.82, 2.24) is 20.5 Å². The molecule has 5 rings (SSSR count). The van der Waals surface area contributed by atoms with Gasteiger partial charge in [0.25, 0.3) is 11.8 Å². The second kappa shape index (κ2) is 16.4. The van der Waals surface area contributed by atoms with Crippen molar-refractivity contribution in [3.8, 4) is 0 Å². The third-order valence-electron chi connectivity index (χ3n) is 7.50. The van der Waals surface area contributed by atoms with E-state index in [4.69, 9.17) is 0 Å². The van der Waals surface area contributed by atoms with Crippen molar-refractivity contribution in [3.05, 3.63) is 117 Å². The molecule has 1 saturated heterocycles. The van der Waals surface area contributed by atoms with E-state index in [0.29, 0.717) is 48.4 Å². The molecular weight excluding hydrogens is 611 g/mol. The lowest BCUT2D eigenvalue weighted by Gasteiger charge is -2.23. The number of nitrogens with one attached hydrogen (secondary N) is 3. The van der Waals surface area contributed by atoms with E-state index in [9.17, 15) is 22.8 Å². The highest BCUT2D eigenvalue weighted by Gasteiger charge is 2.33. The molecule has 2 heterocycles. The molecule has 46 heavy (non-hydrogen) atoms. The molecular formula is C35H40F3N5O2S. The summed E-state index contributed by atoms with van der Waals surface area (Å²) in [6.45, 7) is 5.84. The Hall–Kier alpha value is -4.22. The lowest BCUT2D eigenvalue weighted by atomic mass is 10.1. The number of alkyl halides is 3. The van der Waals surface area contributed by atoms with Crippen LogP contribution in [0.25, 0.3) is 0 Å². The molecule has 3 aromatic carbocycles. The zero-order chi connectivity index (χ0) is 33.1. The van der Waals surface area contributed by atoms with Gasteiger partial charge in [0, 0.05) is 54.6 Å². The van der Waals surface area contributed by atoms with E-state index in [1.54, 1.807) is 48.7 Å². The highest BCUT2D eigenvalue weighted by Crippen LogP contribution is 2.35. The first-order valence-corrected chi connectivity index (χ1v) is 16.2. The minimum absolute atomic E-state index is 0.0399. The third kappa shape index (κ3) is 9.89. The van der Waals surface area contributed by atoms with Gasteiger partial charge in [-0.15, -0.1) is 11.3 Å². The monoisotopic (exact) mass is 651 g/mol. The number of likely N-dealkylation sites (tertiary alicyclic amines) is 1. The zero-order valence-corrected chi connectivity index (χ0v) is 27.1. The van der Waals surface area contributed by atoms with Gasteiger partial charge in [-0.3, -0.25) is 9.59 Å². The average molecular weight is 652 g/mol. The normalized spacial score (nSPS) is 14.4. The number of hydrogen-bond acceptors (Lipinski definition) is 6. The van der Waals surface area contributed by atoms with E-state index in [1.807, 2.05) is 35.4 Å². The molecule has 1 aliphatic rings. The first-order valence-electron chi connectivity index (χ1n) is 15.3. The number of carbonyl (C=O) groups excluding carboxylic acids is 2. The summed E-state index contributed by atoms with van der Waals surface area (Å²) in [5, 5.41) is 11.6. The fourth-order valence-electron chi connectivity index (χ4n) is 5.14. The number of benzene rings is 3. The molecule has 3 N–H and O–H groups in total. The van der Waals surface area contributed by atoms with E-state index >= 15 is 0 Å². The molecule has 1 fully saturated rings. The fraction of sp³-hybridized carbons (Fsp3) is 0.343. The predicted molar refractivity (Wildman–Crippen MR) is 177 cm³/mol. The summed E-state index contributed by atoms with van der Waals surface area (Å²) in [6, 6.07) is 20.8. The van der Waals surface area contributed by atoms with Crippen molar-refractivity contribution >= 4 is 28.8 Å². The molecule has 0 bridgehead atoms. The molecule has 1 atom stereocenters. The van der Waals surface area contributed by atoms with Gasteiger partial charge in [-0.05, 0) is 81.6 Å². The number of aromatic nitrogens is 1. The van der Waals surface area contributed by atoms with Crippen molar-refractivity contribution in [2.45, 2.75) is 51.9 Å². The number of anilines is 1. The van der Waals surface area contributed by atoms with Gasteiger partial charge in [0.15, 0.2) is 0 Å². The summed E-state index contributed by atoms with van der Waals surface area (Å²) in [7, 11) is 1.58. The van der Waals surface area contributed by atoms with Crippen LogP contribution in [-0.4, -0.2) is 48.4 Å². The molecule has 0 saturated carbocycles. The van der Waals surface area contributed by atoms with Crippen molar-refractivity contribution in [1.29, 1.82) is 0 Å². The Morgan fingerprint density at radius 3 is 2.39 bits per heavy atom. The first-order chi connectivity index (χ1) is 22.0. The topological polar surface area (TPSA) is 86.4 Å². The zero-order valence-electron chi connectivity index (χ0n) is 26.3. The molecule has 1 aliphatic heterocycles. The van der Waals surface area contributed by atoms with Gasteiger partial charge >= 0.3 is 6.18 Å². The van der Waals surface area contributed by atoms with Crippen molar-refractivity contribution < 1.29 is 22.8 Å². The maximum atomic E-state index is 13.3.